The number of phenolic OH excluding ortho intramolecular Hbond substituents is 2. The van der Waals surface area contributed by atoms with Gasteiger partial charge in [-0.25, -0.2) is 4.98 Å². The van der Waals surface area contributed by atoms with E-state index in [-0.39, 0.29) is 23.4 Å². The van der Waals surface area contributed by atoms with Crippen molar-refractivity contribution in [2.45, 2.75) is 0 Å². The van der Waals surface area contributed by atoms with Crippen molar-refractivity contribution in [3.63, 3.8) is 0 Å². The minimum atomic E-state index is -0.345. The van der Waals surface area contributed by atoms with Gasteiger partial charge < -0.3 is 20.9 Å². The molecule has 0 atom stereocenters. The van der Waals surface area contributed by atoms with E-state index in [0.29, 0.717) is 22.3 Å². The third-order valence-electron chi connectivity index (χ3n) is 2.98. The normalized spacial score (nSPS) is 10.7. The van der Waals surface area contributed by atoms with Crippen molar-refractivity contribution in [2.75, 3.05) is 11.1 Å². The van der Waals surface area contributed by atoms with Crippen LogP contribution in [0.25, 0.3) is 11.0 Å². The number of phenols is 2. The lowest BCUT2D eigenvalue weighted by molar-refractivity contribution is 0.102. The Morgan fingerprint density at radius 3 is 2.52 bits per heavy atom. The van der Waals surface area contributed by atoms with Gasteiger partial charge in [-0.15, -0.1) is 0 Å². The fraction of sp³-hybridized carbons (Fsp3) is 0. The Hall–Kier alpha value is -3.22. The molecular weight excluding hydrogens is 272 g/mol. The van der Waals surface area contributed by atoms with Crippen molar-refractivity contribution >= 4 is 28.6 Å². The number of nitrogens with zero attached hydrogens (tertiary/aromatic N) is 1. The predicted molar refractivity (Wildman–Crippen MR) is 78.2 cm³/mol. The van der Waals surface area contributed by atoms with Crippen LogP contribution in [0.15, 0.2) is 36.4 Å². The number of carbonyl (C=O) groups is 1. The molecule has 0 aliphatic carbocycles. The number of aromatic nitrogens is 2. The van der Waals surface area contributed by atoms with Crippen molar-refractivity contribution in [3.05, 3.63) is 42.0 Å². The maximum atomic E-state index is 12.0. The molecule has 0 saturated heterocycles. The molecule has 0 aliphatic heterocycles. The molecule has 0 aliphatic rings. The highest BCUT2D eigenvalue weighted by Gasteiger charge is 2.11. The molecule has 1 heterocycles. The molecule has 0 fully saturated rings. The van der Waals surface area contributed by atoms with E-state index in [1.807, 2.05) is 0 Å². The molecule has 1 aromatic heterocycles. The standard InChI is InChI=1S/C14H12N4O3/c15-8-3-1-7(2-4-8)13(21)18-14-16-9-5-11(19)12(20)6-10(9)17-14/h1-6,19-20H,15H2,(H2,16,17,18,21). The van der Waals surface area contributed by atoms with Gasteiger partial charge in [-0.1, -0.05) is 0 Å². The summed E-state index contributed by atoms with van der Waals surface area (Å²) >= 11 is 0. The van der Waals surface area contributed by atoms with Gasteiger partial charge in [-0.2, -0.15) is 0 Å². The smallest absolute Gasteiger partial charge is 0.257 e. The summed E-state index contributed by atoms with van der Waals surface area (Å²) in [5, 5.41) is 21.4. The van der Waals surface area contributed by atoms with Crippen LogP contribution in [0.3, 0.4) is 0 Å². The summed E-state index contributed by atoms with van der Waals surface area (Å²) in [5.41, 5.74) is 7.50. The van der Waals surface area contributed by atoms with Crippen molar-refractivity contribution < 1.29 is 15.0 Å². The molecule has 0 radical (unpaired) electrons. The highest BCUT2D eigenvalue weighted by Crippen LogP contribution is 2.29. The number of carbonyl (C=O) groups excluding carboxylic acids is 1. The summed E-state index contributed by atoms with van der Waals surface area (Å²) in [6, 6.07) is 9.10. The van der Waals surface area contributed by atoms with Gasteiger partial charge in [0.25, 0.3) is 5.91 Å². The molecule has 3 rings (SSSR count). The highest BCUT2D eigenvalue weighted by molar-refractivity contribution is 6.04. The van der Waals surface area contributed by atoms with E-state index >= 15 is 0 Å². The zero-order valence-corrected chi connectivity index (χ0v) is 10.8. The molecular formula is C14H12N4O3. The number of benzene rings is 2. The quantitative estimate of drug-likeness (QED) is 0.362. The number of fused-ring (bicyclic) bond motifs is 1. The fourth-order valence-corrected chi connectivity index (χ4v) is 1.91. The SMILES string of the molecule is Nc1ccc(C(=O)Nc2nc3cc(O)c(O)cc3[nH]2)cc1. The second kappa shape index (κ2) is 4.71. The molecule has 7 nitrogen and oxygen atoms in total. The summed E-state index contributed by atoms with van der Waals surface area (Å²) in [4.78, 5) is 19.0. The minimum Gasteiger partial charge on any atom is -0.504 e. The zero-order chi connectivity index (χ0) is 15.0. The number of aromatic amines is 1. The lowest BCUT2D eigenvalue weighted by Gasteiger charge is -2.01. The second-order valence-electron chi connectivity index (χ2n) is 4.52. The van der Waals surface area contributed by atoms with Gasteiger partial charge in [0.15, 0.2) is 11.5 Å². The first-order chi connectivity index (χ1) is 10.0. The number of aromatic hydroxyl groups is 2. The molecule has 6 N–H and O–H groups in total. The van der Waals surface area contributed by atoms with E-state index in [1.165, 1.54) is 12.1 Å². The lowest BCUT2D eigenvalue weighted by atomic mass is 10.2. The summed E-state index contributed by atoms with van der Waals surface area (Å²) in [7, 11) is 0. The average Bonchev–Trinajstić information content (AvgIpc) is 2.81. The third-order valence-corrected chi connectivity index (χ3v) is 2.98. The Morgan fingerprint density at radius 1 is 1.14 bits per heavy atom. The largest absolute Gasteiger partial charge is 0.504 e. The average molecular weight is 284 g/mol. The predicted octanol–water partition coefficient (Wildman–Crippen LogP) is 1.81. The van der Waals surface area contributed by atoms with Crippen LogP contribution >= 0.6 is 0 Å². The Kier molecular flexibility index (Phi) is 2.87. The van der Waals surface area contributed by atoms with Gasteiger partial charge in [0, 0.05) is 23.4 Å². The van der Waals surface area contributed by atoms with Gasteiger partial charge in [0.2, 0.25) is 5.95 Å². The van der Waals surface area contributed by atoms with Crippen LogP contribution in [0.4, 0.5) is 11.6 Å². The number of nitrogens with one attached hydrogen (secondary N) is 2. The maximum Gasteiger partial charge on any atom is 0.257 e. The minimum absolute atomic E-state index is 0.219. The van der Waals surface area contributed by atoms with Crippen LogP contribution in [-0.2, 0) is 0 Å². The summed E-state index contributed by atoms with van der Waals surface area (Å²) in [6.45, 7) is 0. The first-order valence-corrected chi connectivity index (χ1v) is 6.11. The van der Waals surface area contributed by atoms with Crippen LogP contribution in [0.5, 0.6) is 11.5 Å². The molecule has 0 spiro atoms. The van der Waals surface area contributed by atoms with E-state index in [1.54, 1.807) is 24.3 Å². The van der Waals surface area contributed by atoms with Gasteiger partial charge in [-0.3, -0.25) is 10.1 Å². The number of rotatable bonds is 2. The fourth-order valence-electron chi connectivity index (χ4n) is 1.91. The van der Waals surface area contributed by atoms with Crippen LogP contribution in [-0.4, -0.2) is 26.1 Å². The van der Waals surface area contributed by atoms with Gasteiger partial charge in [0.05, 0.1) is 11.0 Å². The highest BCUT2D eigenvalue weighted by atomic mass is 16.3. The molecule has 0 saturated carbocycles. The number of H-pyrrole nitrogens is 1. The van der Waals surface area contributed by atoms with E-state index in [2.05, 4.69) is 15.3 Å². The number of imidazole rings is 1. The number of nitrogen functional groups attached to an aromatic ring is 1. The Balaban J connectivity index is 1.87. The molecule has 1 amide bonds. The monoisotopic (exact) mass is 284 g/mol. The van der Waals surface area contributed by atoms with E-state index in [9.17, 15) is 15.0 Å². The number of anilines is 2. The Morgan fingerprint density at radius 2 is 1.81 bits per heavy atom. The molecule has 0 unspecified atom stereocenters. The number of hydrogen-bond acceptors (Lipinski definition) is 5. The molecule has 106 valence electrons. The molecule has 7 heteroatoms. The van der Waals surface area contributed by atoms with Crippen LogP contribution in [0.2, 0.25) is 0 Å². The van der Waals surface area contributed by atoms with Gasteiger partial charge in [-0.05, 0) is 24.3 Å². The Labute approximate surface area is 119 Å². The zero-order valence-electron chi connectivity index (χ0n) is 10.8. The molecule has 3 aromatic rings. The van der Waals surface area contributed by atoms with Crippen LogP contribution in [0, 0.1) is 0 Å². The molecule has 2 aromatic carbocycles. The second-order valence-corrected chi connectivity index (χ2v) is 4.52. The summed E-state index contributed by atoms with van der Waals surface area (Å²) in [5.74, 6) is -0.660. The maximum absolute atomic E-state index is 12.0. The molecule has 21 heavy (non-hydrogen) atoms. The lowest BCUT2D eigenvalue weighted by Crippen LogP contribution is -2.12. The first-order valence-electron chi connectivity index (χ1n) is 6.11. The number of nitrogens with two attached hydrogens (primary N) is 1. The topological polar surface area (TPSA) is 124 Å². The van der Waals surface area contributed by atoms with E-state index in [4.69, 9.17) is 5.73 Å². The van der Waals surface area contributed by atoms with Crippen molar-refractivity contribution in [1.29, 1.82) is 0 Å². The number of hydrogen-bond donors (Lipinski definition) is 5. The Bertz CT molecular complexity index is 785. The van der Waals surface area contributed by atoms with Crippen molar-refractivity contribution in [1.82, 2.24) is 9.97 Å². The summed E-state index contributed by atoms with van der Waals surface area (Å²) in [6.07, 6.45) is 0. The third kappa shape index (κ3) is 2.44. The first kappa shape index (κ1) is 12.8. The van der Waals surface area contributed by atoms with Crippen LogP contribution in [0.1, 0.15) is 10.4 Å². The van der Waals surface area contributed by atoms with Crippen molar-refractivity contribution in [3.8, 4) is 11.5 Å². The van der Waals surface area contributed by atoms with Gasteiger partial charge in [0.1, 0.15) is 0 Å². The van der Waals surface area contributed by atoms with Crippen LogP contribution < -0.4 is 11.1 Å². The van der Waals surface area contributed by atoms with Crippen molar-refractivity contribution in [2.24, 2.45) is 0 Å². The molecule has 0 bridgehead atoms. The summed E-state index contributed by atoms with van der Waals surface area (Å²) < 4.78 is 0. The van der Waals surface area contributed by atoms with E-state index < -0.39 is 0 Å². The van der Waals surface area contributed by atoms with Gasteiger partial charge >= 0.3 is 0 Å². The van der Waals surface area contributed by atoms with E-state index in [0.717, 1.165) is 0 Å². The number of amides is 1.